The second-order valence-electron chi connectivity index (χ2n) is 13.4. The van der Waals surface area contributed by atoms with Gasteiger partial charge in [-0.1, -0.05) is 79.2 Å². The highest BCUT2D eigenvalue weighted by molar-refractivity contribution is 6.22. The van der Waals surface area contributed by atoms with Gasteiger partial charge in [0.1, 0.15) is 5.52 Å². The van der Waals surface area contributed by atoms with Crippen LogP contribution in [0.2, 0.25) is 0 Å². The van der Waals surface area contributed by atoms with Gasteiger partial charge in [-0.2, -0.15) is 4.57 Å². The molecule has 3 atom stereocenters. The van der Waals surface area contributed by atoms with E-state index < -0.39 is 0 Å². The highest BCUT2D eigenvalue weighted by Gasteiger charge is 2.65. The van der Waals surface area contributed by atoms with Gasteiger partial charge in [-0.3, -0.25) is 0 Å². The maximum Gasteiger partial charge on any atom is 0.288 e. The number of fused-ring (bicyclic) bond motifs is 11. The van der Waals surface area contributed by atoms with Crippen LogP contribution < -0.4 is 4.57 Å². The Hall–Kier alpha value is -5.15. The van der Waals surface area contributed by atoms with Crippen LogP contribution in [0.5, 0.6) is 0 Å². The van der Waals surface area contributed by atoms with Gasteiger partial charge in [-0.25, -0.2) is 4.57 Å². The fraction of sp³-hybridized carbons (Fsp3) is 0.146. The Morgan fingerprint density at radius 1 is 0.591 bits per heavy atom. The molecule has 3 aromatic heterocycles. The largest absolute Gasteiger partial charge is 0.308 e. The molecule has 0 N–H and O–H groups in total. The zero-order chi connectivity index (χ0) is 28.3. The van der Waals surface area contributed by atoms with E-state index in [0.29, 0.717) is 11.8 Å². The van der Waals surface area contributed by atoms with E-state index in [-0.39, 0.29) is 5.54 Å². The Labute approximate surface area is 254 Å². The van der Waals surface area contributed by atoms with Crippen LogP contribution in [0.15, 0.2) is 121 Å². The minimum Gasteiger partial charge on any atom is -0.308 e. The monoisotopic (exact) mass is 562 g/mol. The fourth-order valence-corrected chi connectivity index (χ4v) is 10.4. The molecule has 206 valence electrons. The van der Waals surface area contributed by atoms with Crippen molar-refractivity contribution >= 4 is 43.6 Å². The lowest BCUT2D eigenvalue weighted by Crippen LogP contribution is -2.64. The first-order chi connectivity index (χ1) is 21.9. The Bertz CT molecular complexity index is 2600. The van der Waals surface area contributed by atoms with Crippen molar-refractivity contribution in [3.63, 3.8) is 0 Å². The predicted octanol–water partition coefficient (Wildman–Crippen LogP) is 9.15. The van der Waals surface area contributed by atoms with Crippen LogP contribution in [0.4, 0.5) is 0 Å². The maximum atomic E-state index is 2.73. The van der Waals surface area contributed by atoms with Crippen LogP contribution in [-0.4, -0.2) is 9.13 Å². The van der Waals surface area contributed by atoms with Crippen LogP contribution in [0.25, 0.3) is 66.2 Å². The van der Waals surface area contributed by atoms with E-state index in [9.17, 15) is 0 Å². The molecule has 44 heavy (non-hydrogen) atoms. The van der Waals surface area contributed by atoms with Crippen molar-refractivity contribution in [1.82, 2.24) is 9.13 Å². The molecule has 1 saturated carbocycles. The van der Waals surface area contributed by atoms with Gasteiger partial charge in [0.25, 0.3) is 5.82 Å². The van der Waals surface area contributed by atoms with Crippen molar-refractivity contribution in [1.29, 1.82) is 0 Å². The van der Waals surface area contributed by atoms with Crippen molar-refractivity contribution in [2.75, 3.05) is 0 Å². The van der Waals surface area contributed by atoms with E-state index >= 15 is 0 Å². The van der Waals surface area contributed by atoms with Gasteiger partial charge < -0.3 is 4.57 Å². The molecule has 0 saturated heterocycles. The van der Waals surface area contributed by atoms with Gasteiger partial charge in [0.2, 0.25) is 0 Å². The number of benzene rings is 5. The number of para-hydroxylation sites is 2. The number of nitrogens with zero attached hydrogens (tertiary/aromatic N) is 3. The number of hydrogen-bond donors (Lipinski definition) is 0. The second kappa shape index (κ2) is 7.31. The van der Waals surface area contributed by atoms with E-state index in [2.05, 4.69) is 135 Å². The zero-order valence-corrected chi connectivity index (χ0v) is 24.2. The summed E-state index contributed by atoms with van der Waals surface area (Å²) in [5.41, 5.74) is 13.7. The molecule has 3 unspecified atom stereocenters. The summed E-state index contributed by atoms with van der Waals surface area (Å²) in [5, 5.41) is 5.45. The van der Waals surface area contributed by atoms with Gasteiger partial charge in [-0.15, -0.1) is 0 Å². The SMILES string of the molecule is c1ccc(-c2cc[n+]3c(c2)-n2c4ccccc4c4cc5c6ccccc6n6c5c(c42)C32c3c(cccc3-6)C3CCCC32)cc1. The van der Waals surface area contributed by atoms with Gasteiger partial charge in [0.15, 0.2) is 11.1 Å². The molecule has 3 heteroatoms. The summed E-state index contributed by atoms with van der Waals surface area (Å²) in [6.07, 6.45) is 6.27. The fourth-order valence-electron chi connectivity index (χ4n) is 10.4. The first kappa shape index (κ1) is 22.4. The average molecular weight is 563 g/mol. The lowest BCUT2D eigenvalue weighted by molar-refractivity contribution is -0.746. The normalized spacial score (nSPS) is 21.9. The first-order valence-corrected chi connectivity index (χ1v) is 16.1. The minimum absolute atomic E-state index is 0.246. The summed E-state index contributed by atoms with van der Waals surface area (Å²) >= 11 is 0. The van der Waals surface area contributed by atoms with Gasteiger partial charge >= 0.3 is 0 Å². The van der Waals surface area contributed by atoms with Crippen molar-refractivity contribution in [2.24, 2.45) is 5.92 Å². The maximum absolute atomic E-state index is 2.73. The lowest BCUT2D eigenvalue weighted by Gasteiger charge is -2.42. The molecule has 0 radical (unpaired) electrons. The smallest absolute Gasteiger partial charge is 0.288 e. The summed E-state index contributed by atoms with van der Waals surface area (Å²) < 4.78 is 7.96. The third-order valence-electron chi connectivity index (χ3n) is 11.8. The molecular formula is C41H28N3+. The standard InChI is InChI=1S/C41H28N3/c1-2-10-24(11-3-1)25-20-21-42-36(22-25)44-34-18-7-5-13-28(34)31-23-30-27-12-4-6-17-33(27)43-35-19-9-15-29-26-14-8-16-32(26)41(42,37(29)35)38(39(30)43)40(31)44/h1-7,9-13,15,17-23,26,32H,8,14,16H2/q+1. The third-order valence-corrected chi connectivity index (χ3v) is 11.8. The molecule has 0 amide bonds. The number of hydrogen-bond acceptors (Lipinski definition) is 0. The molecule has 3 nitrogen and oxygen atoms in total. The molecule has 2 aliphatic heterocycles. The average Bonchev–Trinajstić information content (AvgIpc) is 3.84. The molecule has 4 aliphatic rings. The van der Waals surface area contributed by atoms with Gasteiger partial charge in [-0.05, 0) is 71.8 Å². The highest BCUT2D eigenvalue weighted by Crippen LogP contribution is 2.66. The highest BCUT2D eigenvalue weighted by atomic mass is 15.2. The van der Waals surface area contributed by atoms with Crippen molar-refractivity contribution < 1.29 is 4.57 Å². The van der Waals surface area contributed by atoms with Crippen LogP contribution in [0.3, 0.4) is 0 Å². The van der Waals surface area contributed by atoms with Crippen LogP contribution in [0, 0.1) is 5.92 Å². The van der Waals surface area contributed by atoms with Crippen LogP contribution in [-0.2, 0) is 5.54 Å². The molecule has 8 aromatic rings. The Morgan fingerprint density at radius 3 is 2.14 bits per heavy atom. The number of rotatable bonds is 1. The molecular weight excluding hydrogens is 534 g/mol. The van der Waals surface area contributed by atoms with Crippen LogP contribution >= 0.6 is 0 Å². The van der Waals surface area contributed by atoms with E-state index in [1.807, 2.05) is 0 Å². The number of pyridine rings is 1. The van der Waals surface area contributed by atoms with E-state index in [0.717, 1.165) is 0 Å². The first-order valence-electron chi connectivity index (χ1n) is 16.1. The Morgan fingerprint density at radius 2 is 1.32 bits per heavy atom. The van der Waals surface area contributed by atoms with E-state index in [4.69, 9.17) is 0 Å². The Balaban J connectivity index is 1.40. The lowest BCUT2D eigenvalue weighted by atomic mass is 9.71. The third kappa shape index (κ3) is 2.23. The summed E-state index contributed by atoms with van der Waals surface area (Å²) in [6, 6.07) is 43.6. The summed E-state index contributed by atoms with van der Waals surface area (Å²) in [7, 11) is 0. The summed E-state index contributed by atoms with van der Waals surface area (Å²) in [6.45, 7) is 0. The van der Waals surface area contributed by atoms with Gasteiger partial charge in [0.05, 0.1) is 28.5 Å². The zero-order valence-electron chi connectivity index (χ0n) is 24.2. The van der Waals surface area contributed by atoms with Crippen molar-refractivity contribution in [3.05, 3.63) is 138 Å². The molecule has 2 aliphatic carbocycles. The van der Waals surface area contributed by atoms with E-state index in [1.54, 1.807) is 11.1 Å². The quantitative estimate of drug-likeness (QED) is 0.177. The summed E-state index contributed by atoms with van der Waals surface area (Å²) in [5.74, 6) is 2.38. The molecule has 5 heterocycles. The predicted molar refractivity (Wildman–Crippen MR) is 177 cm³/mol. The molecule has 1 spiro atoms. The molecule has 0 bridgehead atoms. The Kier molecular flexibility index (Phi) is 3.72. The summed E-state index contributed by atoms with van der Waals surface area (Å²) in [4.78, 5) is 0. The van der Waals surface area contributed by atoms with Crippen LogP contribution in [0.1, 0.15) is 41.9 Å². The van der Waals surface area contributed by atoms with Crippen molar-refractivity contribution in [2.45, 2.75) is 30.7 Å². The van der Waals surface area contributed by atoms with E-state index in [1.165, 1.54) is 91.1 Å². The molecule has 1 fully saturated rings. The second-order valence-corrected chi connectivity index (χ2v) is 13.4. The topological polar surface area (TPSA) is 13.7 Å². The minimum atomic E-state index is -0.246. The van der Waals surface area contributed by atoms with Crippen molar-refractivity contribution in [3.8, 4) is 22.6 Å². The molecule has 12 rings (SSSR count). The van der Waals surface area contributed by atoms with Gasteiger partial charge in [0, 0.05) is 39.1 Å². The molecule has 5 aromatic carbocycles. The number of aromatic nitrogens is 3.